The number of hydrogen-bond acceptors (Lipinski definition) is 2. The molecule has 0 saturated carbocycles. The van der Waals surface area contributed by atoms with E-state index in [4.69, 9.17) is 4.74 Å². The Kier molecular flexibility index (Phi) is 8.22. The van der Waals surface area contributed by atoms with Crippen molar-refractivity contribution in [3.05, 3.63) is 91.0 Å². The molecule has 0 bridgehead atoms. The minimum absolute atomic E-state index is 0.0834. The molecule has 3 rings (SSSR count). The van der Waals surface area contributed by atoms with E-state index in [9.17, 15) is 4.79 Å². The molecule has 3 aromatic rings. The van der Waals surface area contributed by atoms with E-state index in [1.54, 1.807) is 0 Å². The first-order valence-electron chi connectivity index (χ1n) is 10.9. The summed E-state index contributed by atoms with van der Waals surface area (Å²) in [5.41, 5.74) is 0. The second-order valence-corrected chi connectivity index (χ2v) is 11.3. The van der Waals surface area contributed by atoms with Crippen LogP contribution in [0.15, 0.2) is 91.0 Å². The van der Waals surface area contributed by atoms with Gasteiger partial charge in [-0.25, -0.2) is 0 Å². The number of benzene rings is 3. The summed E-state index contributed by atoms with van der Waals surface area (Å²) in [6.45, 7) is 4.65. The summed E-state index contributed by atoms with van der Waals surface area (Å²) < 4.78 is 5.10. The van der Waals surface area contributed by atoms with E-state index < -0.39 is 7.26 Å². The van der Waals surface area contributed by atoms with Gasteiger partial charge >= 0.3 is 5.97 Å². The molecule has 0 heterocycles. The Morgan fingerprint density at radius 2 is 1.23 bits per heavy atom. The quantitative estimate of drug-likeness (QED) is 0.327. The molecule has 0 unspecified atom stereocenters. The molecule has 2 nitrogen and oxygen atoms in total. The smallest absolute Gasteiger partial charge is 0.305 e. The number of esters is 1. The van der Waals surface area contributed by atoms with Crippen molar-refractivity contribution in [2.24, 2.45) is 5.92 Å². The average molecular weight is 420 g/mol. The van der Waals surface area contributed by atoms with Gasteiger partial charge in [0.25, 0.3) is 0 Å². The average Bonchev–Trinajstić information content (AvgIpc) is 2.79. The third kappa shape index (κ3) is 5.37. The van der Waals surface area contributed by atoms with Gasteiger partial charge in [0.1, 0.15) is 23.2 Å². The topological polar surface area (TPSA) is 26.3 Å². The van der Waals surface area contributed by atoms with Crippen LogP contribution in [0.1, 0.15) is 33.1 Å². The van der Waals surface area contributed by atoms with Crippen molar-refractivity contribution in [2.45, 2.75) is 33.1 Å². The van der Waals surface area contributed by atoms with Crippen molar-refractivity contribution < 1.29 is 9.53 Å². The standard InChI is InChI=1S/C27H32O2P/c1-3-29-27(28)21-13-14-23(2)22-30(24-15-7-4-8-16-24,25-17-9-5-10-18-25)26-19-11-6-12-20-26/h4-12,15-20,23H,3,13-14,21-22H2,1-2H3/q+1/t23-/m0/s1. The normalized spacial score (nSPS) is 12.3. The maximum atomic E-state index is 11.8. The Bertz CT molecular complexity index is 797. The minimum atomic E-state index is -1.80. The van der Waals surface area contributed by atoms with Crippen LogP contribution in [0.5, 0.6) is 0 Å². The highest BCUT2D eigenvalue weighted by atomic mass is 31.2. The Morgan fingerprint density at radius 3 is 1.63 bits per heavy atom. The number of ether oxygens (including phenoxy) is 1. The highest BCUT2D eigenvalue weighted by Gasteiger charge is 2.46. The molecular formula is C27H32O2P+. The van der Waals surface area contributed by atoms with Gasteiger partial charge in [-0.3, -0.25) is 4.79 Å². The molecule has 30 heavy (non-hydrogen) atoms. The molecule has 0 aliphatic carbocycles. The SMILES string of the molecule is CCOC(=O)CCC[C@H](C)C[P+](c1ccccc1)(c1ccccc1)c1ccccc1. The fraction of sp³-hybridized carbons (Fsp3) is 0.296. The molecule has 0 aliphatic heterocycles. The molecule has 0 saturated heterocycles. The molecule has 0 aromatic heterocycles. The Labute approximate surface area is 181 Å². The van der Waals surface area contributed by atoms with E-state index >= 15 is 0 Å². The van der Waals surface area contributed by atoms with Crippen LogP contribution < -0.4 is 15.9 Å². The van der Waals surface area contributed by atoms with Crippen molar-refractivity contribution >= 4 is 29.1 Å². The van der Waals surface area contributed by atoms with Gasteiger partial charge in [-0.05, 0) is 62.1 Å². The third-order valence-electron chi connectivity index (χ3n) is 5.56. The van der Waals surface area contributed by atoms with Gasteiger partial charge in [0.05, 0.1) is 12.8 Å². The predicted octanol–water partition coefficient (Wildman–Crippen LogP) is 5.35. The zero-order valence-corrected chi connectivity index (χ0v) is 18.9. The molecule has 0 fully saturated rings. The maximum absolute atomic E-state index is 11.8. The lowest BCUT2D eigenvalue weighted by Gasteiger charge is -2.30. The maximum Gasteiger partial charge on any atom is 0.305 e. The number of hydrogen-bond donors (Lipinski definition) is 0. The molecule has 0 amide bonds. The number of carbonyl (C=O) groups excluding carboxylic acids is 1. The van der Waals surface area contributed by atoms with Crippen LogP contribution in [0.2, 0.25) is 0 Å². The first-order chi connectivity index (χ1) is 14.7. The van der Waals surface area contributed by atoms with Gasteiger partial charge in [0.15, 0.2) is 0 Å². The van der Waals surface area contributed by atoms with Gasteiger partial charge in [-0.15, -0.1) is 0 Å². The molecule has 1 atom stereocenters. The van der Waals surface area contributed by atoms with Crippen molar-refractivity contribution in [3.63, 3.8) is 0 Å². The predicted molar refractivity (Wildman–Crippen MR) is 130 cm³/mol. The second kappa shape index (κ2) is 11.1. The summed E-state index contributed by atoms with van der Waals surface area (Å²) in [7, 11) is -1.80. The Morgan fingerprint density at radius 1 is 0.800 bits per heavy atom. The van der Waals surface area contributed by atoms with Gasteiger partial charge in [-0.1, -0.05) is 61.5 Å². The lowest BCUT2D eigenvalue weighted by Crippen LogP contribution is -2.35. The van der Waals surface area contributed by atoms with Crippen molar-refractivity contribution in [1.82, 2.24) is 0 Å². The van der Waals surface area contributed by atoms with Gasteiger partial charge in [-0.2, -0.15) is 0 Å². The van der Waals surface area contributed by atoms with Crippen LogP contribution in [0.4, 0.5) is 0 Å². The number of carbonyl (C=O) groups is 1. The lowest BCUT2D eigenvalue weighted by atomic mass is 10.1. The highest BCUT2D eigenvalue weighted by molar-refractivity contribution is 7.95. The van der Waals surface area contributed by atoms with Gasteiger partial charge < -0.3 is 4.74 Å². The van der Waals surface area contributed by atoms with Crippen LogP contribution in [-0.2, 0) is 9.53 Å². The summed E-state index contributed by atoms with van der Waals surface area (Å²) in [5.74, 6) is 0.410. The minimum Gasteiger partial charge on any atom is -0.466 e. The molecular weight excluding hydrogens is 387 g/mol. The van der Waals surface area contributed by atoms with Gasteiger partial charge in [0, 0.05) is 6.42 Å². The van der Waals surface area contributed by atoms with Crippen LogP contribution in [-0.4, -0.2) is 18.7 Å². The van der Waals surface area contributed by atoms with Crippen LogP contribution in [0.25, 0.3) is 0 Å². The van der Waals surface area contributed by atoms with E-state index in [2.05, 4.69) is 97.9 Å². The van der Waals surface area contributed by atoms with Crippen molar-refractivity contribution in [1.29, 1.82) is 0 Å². The van der Waals surface area contributed by atoms with E-state index in [0.29, 0.717) is 18.9 Å². The zero-order valence-electron chi connectivity index (χ0n) is 18.0. The first kappa shape index (κ1) is 22.2. The first-order valence-corrected chi connectivity index (χ1v) is 12.8. The third-order valence-corrected chi connectivity index (χ3v) is 10.3. The molecule has 0 radical (unpaired) electrons. The molecule has 3 heteroatoms. The zero-order chi connectivity index (χ0) is 21.2. The van der Waals surface area contributed by atoms with Crippen LogP contribution in [0, 0.1) is 5.92 Å². The van der Waals surface area contributed by atoms with Crippen molar-refractivity contribution in [2.75, 3.05) is 12.8 Å². The summed E-state index contributed by atoms with van der Waals surface area (Å²) in [6.07, 6.45) is 3.49. The highest BCUT2D eigenvalue weighted by Crippen LogP contribution is 2.56. The molecule has 0 aliphatic rings. The molecule has 0 spiro atoms. The second-order valence-electron chi connectivity index (χ2n) is 7.80. The largest absolute Gasteiger partial charge is 0.466 e. The van der Waals surface area contributed by atoms with Crippen LogP contribution in [0.3, 0.4) is 0 Å². The van der Waals surface area contributed by atoms with Crippen molar-refractivity contribution in [3.8, 4) is 0 Å². The van der Waals surface area contributed by atoms with E-state index in [-0.39, 0.29) is 5.97 Å². The summed E-state index contributed by atoms with van der Waals surface area (Å²) in [4.78, 5) is 11.8. The fourth-order valence-electron chi connectivity index (χ4n) is 4.20. The molecule has 3 aromatic carbocycles. The fourth-order valence-corrected chi connectivity index (χ4v) is 8.89. The van der Waals surface area contributed by atoms with E-state index in [1.165, 1.54) is 15.9 Å². The molecule has 156 valence electrons. The monoisotopic (exact) mass is 419 g/mol. The summed E-state index contributed by atoms with van der Waals surface area (Å²) >= 11 is 0. The summed E-state index contributed by atoms with van der Waals surface area (Å²) in [5, 5.41) is 4.25. The van der Waals surface area contributed by atoms with E-state index in [1.807, 2.05) is 6.92 Å². The Hall–Kier alpha value is -2.44. The van der Waals surface area contributed by atoms with Crippen LogP contribution >= 0.6 is 7.26 Å². The molecule has 0 N–H and O–H groups in total. The lowest BCUT2D eigenvalue weighted by molar-refractivity contribution is -0.143. The number of rotatable bonds is 10. The van der Waals surface area contributed by atoms with Gasteiger partial charge in [0.2, 0.25) is 0 Å². The summed E-state index contributed by atoms with van der Waals surface area (Å²) in [6, 6.07) is 33.0. The Balaban J connectivity index is 1.96. The van der Waals surface area contributed by atoms with E-state index in [0.717, 1.165) is 19.0 Å².